The van der Waals surface area contributed by atoms with Crippen LogP contribution in [0, 0.1) is 6.92 Å². The summed E-state index contributed by atoms with van der Waals surface area (Å²) < 4.78 is 60.8. The first-order valence-electron chi connectivity index (χ1n) is 4.97. The Morgan fingerprint density at radius 3 is 2.33 bits per heavy atom. The molecule has 0 atom stereocenters. The molecule has 1 heterocycles. The van der Waals surface area contributed by atoms with Crippen LogP contribution >= 0.6 is 0 Å². The fraction of sp³-hybridized carbons (Fsp3) is 0.500. The normalized spacial score (nSPS) is 13.1. The Labute approximate surface area is 103 Å². The smallest absolute Gasteiger partial charge is 0.247 e. The standard InChI is InChI=1S/C10H13F3N2O2S/c1-7-4-5-9(10(11,12)13)14-8(7)6-15(2)18(3,16)17/h4-5H,6H2,1-3H3. The molecule has 0 N–H and O–H groups in total. The molecule has 0 bridgehead atoms. The minimum atomic E-state index is -4.54. The molecule has 0 aromatic carbocycles. The van der Waals surface area contributed by atoms with Gasteiger partial charge >= 0.3 is 6.18 Å². The van der Waals surface area contributed by atoms with Crippen molar-refractivity contribution >= 4 is 10.0 Å². The van der Waals surface area contributed by atoms with Crippen LogP contribution in [-0.4, -0.2) is 31.0 Å². The molecule has 102 valence electrons. The van der Waals surface area contributed by atoms with Gasteiger partial charge in [0.05, 0.1) is 18.5 Å². The van der Waals surface area contributed by atoms with Gasteiger partial charge in [-0.2, -0.15) is 17.5 Å². The molecule has 0 fully saturated rings. The van der Waals surface area contributed by atoms with Gasteiger partial charge in [-0.3, -0.25) is 0 Å². The minimum Gasteiger partial charge on any atom is -0.247 e. The first kappa shape index (κ1) is 14.9. The van der Waals surface area contributed by atoms with Gasteiger partial charge in [0, 0.05) is 7.05 Å². The zero-order chi connectivity index (χ0) is 14.1. The van der Waals surface area contributed by atoms with E-state index in [0.717, 1.165) is 16.6 Å². The lowest BCUT2D eigenvalue weighted by Crippen LogP contribution is -2.26. The zero-order valence-corrected chi connectivity index (χ0v) is 10.9. The average Bonchev–Trinajstić information content (AvgIpc) is 2.18. The molecule has 8 heteroatoms. The minimum absolute atomic E-state index is 0.0951. The fourth-order valence-electron chi connectivity index (χ4n) is 1.22. The Morgan fingerprint density at radius 1 is 1.33 bits per heavy atom. The second-order valence-corrected chi connectivity index (χ2v) is 6.07. The van der Waals surface area contributed by atoms with Gasteiger partial charge in [-0.25, -0.2) is 13.4 Å². The topological polar surface area (TPSA) is 50.3 Å². The molecule has 0 spiro atoms. The largest absolute Gasteiger partial charge is 0.433 e. The summed E-state index contributed by atoms with van der Waals surface area (Å²) in [6.07, 6.45) is -3.55. The second-order valence-electron chi connectivity index (χ2n) is 3.98. The lowest BCUT2D eigenvalue weighted by molar-refractivity contribution is -0.141. The first-order valence-corrected chi connectivity index (χ1v) is 6.81. The summed E-state index contributed by atoms with van der Waals surface area (Å²) >= 11 is 0. The predicted molar refractivity (Wildman–Crippen MR) is 60.3 cm³/mol. The number of sulfonamides is 1. The van der Waals surface area contributed by atoms with Gasteiger partial charge in [0.25, 0.3) is 0 Å². The fourth-order valence-corrected chi connectivity index (χ4v) is 1.57. The van der Waals surface area contributed by atoms with Gasteiger partial charge in [0.1, 0.15) is 5.69 Å². The maximum absolute atomic E-state index is 12.5. The van der Waals surface area contributed by atoms with E-state index in [1.165, 1.54) is 13.1 Å². The third-order valence-electron chi connectivity index (χ3n) is 2.43. The van der Waals surface area contributed by atoms with Crippen molar-refractivity contribution in [1.29, 1.82) is 0 Å². The van der Waals surface area contributed by atoms with Crippen molar-refractivity contribution in [2.75, 3.05) is 13.3 Å². The van der Waals surface area contributed by atoms with Crippen molar-refractivity contribution in [3.8, 4) is 0 Å². The summed E-state index contributed by atoms with van der Waals surface area (Å²) in [5, 5.41) is 0. The number of rotatable bonds is 3. The van der Waals surface area contributed by atoms with Crippen LogP contribution in [0.4, 0.5) is 13.2 Å². The van der Waals surface area contributed by atoms with E-state index < -0.39 is 21.9 Å². The van der Waals surface area contributed by atoms with Crippen molar-refractivity contribution < 1.29 is 21.6 Å². The number of aryl methyl sites for hydroxylation is 1. The molecular formula is C10H13F3N2O2S. The highest BCUT2D eigenvalue weighted by Crippen LogP contribution is 2.28. The number of pyridine rings is 1. The SMILES string of the molecule is Cc1ccc(C(F)(F)F)nc1CN(C)S(C)(=O)=O. The maximum atomic E-state index is 12.5. The number of alkyl halides is 3. The molecule has 1 aromatic heterocycles. The third kappa shape index (κ3) is 3.67. The van der Waals surface area contributed by atoms with E-state index in [2.05, 4.69) is 4.98 Å². The summed E-state index contributed by atoms with van der Waals surface area (Å²) in [6, 6.07) is 2.15. The van der Waals surface area contributed by atoms with Crippen LogP contribution in [-0.2, 0) is 22.7 Å². The van der Waals surface area contributed by atoms with Gasteiger partial charge < -0.3 is 0 Å². The molecule has 0 amide bonds. The molecule has 0 saturated heterocycles. The lowest BCUT2D eigenvalue weighted by atomic mass is 10.2. The Kier molecular flexibility index (Phi) is 4.02. The molecule has 0 aliphatic heterocycles. The number of nitrogens with zero attached hydrogens (tertiary/aromatic N) is 2. The van der Waals surface area contributed by atoms with Crippen LogP contribution in [0.2, 0.25) is 0 Å². The number of hydrogen-bond acceptors (Lipinski definition) is 3. The Bertz CT molecular complexity index is 541. The maximum Gasteiger partial charge on any atom is 0.433 e. The zero-order valence-electron chi connectivity index (χ0n) is 10.1. The first-order chi connectivity index (χ1) is 8.01. The van der Waals surface area contributed by atoms with Crippen LogP contribution in [0.25, 0.3) is 0 Å². The van der Waals surface area contributed by atoms with Crippen LogP contribution in [0.15, 0.2) is 12.1 Å². The third-order valence-corrected chi connectivity index (χ3v) is 3.69. The molecule has 0 aliphatic rings. The highest BCUT2D eigenvalue weighted by Gasteiger charge is 2.33. The average molecular weight is 282 g/mol. The Hall–Kier alpha value is -1.15. The molecule has 1 rings (SSSR count). The molecule has 0 aliphatic carbocycles. The van der Waals surface area contributed by atoms with Crippen LogP contribution in [0.5, 0.6) is 0 Å². The van der Waals surface area contributed by atoms with Crippen LogP contribution in [0.3, 0.4) is 0 Å². The molecule has 18 heavy (non-hydrogen) atoms. The summed E-state index contributed by atoms with van der Waals surface area (Å²) in [5.74, 6) is 0. The summed E-state index contributed by atoms with van der Waals surface area (Å²) in [4.78, 5) is 3.47. The van der Waals surface area contributed by atoms with E-state index in [9.17, 15) is 21.6 Å². The van der Waals surface area contributed by atoms with E-state index in [1.807, 2.05) is 0 Å². The second kappa shape index (κ2) is 4.85. The summed E-state index contributed by atoms with van der Waals surface area (Å²) in [5.41, 5.74) is -0.416. The van der Waals surface area contributed by atoms with E-state index in [-0.39, 0.29) is 12.2 Å². The predicted octanol–water partition coefficient (Wildman–Crippen LogP) is 1.80. The van der Waals surface area contributed by atoms with E-state index in [0.29, 0.717) is 5.56 Å². The molecular weight excluding hydrogens is 269 g/mol. The quantitative estimate of drug-likeness (QED) is 0.849. The van der Waals surface area contributed by atoms with E-state index in [1.54, 1.807) is 6.92 Å². The van der Waals surface area contributed by atoms with Gasteiger partial charge in [-0.05, 0) is 18.6 Å². The Balaban J connectivity index is 3.10. The molecule has 0 radical (unpaired) electrons. The molecule has 1 aromatic rings. The van der Waals surface area contributed by atoms with Gasteiger partial charge in [-0.15, -0.1) is 0 Å². The molecule has 0 saturated carbocycles. The number of halogens is 3. The van der Waals surface area contributed by atoms with E-state index in [4.69, 9.17) is 0 Å². The van der Waals surface area contributed by atoms with Crippen LogP contribution < -0.4 is 0 Å². The highest BCUT2D eigenvalue weighted by molar-refractivity contribution is 7.88. The van der Waals surface area contributed by atoms with Crippen molar-refractivity contribution in [2.24, 2.45) is 0 Å². The van der Waals surface area contributed by atoms with Gasteiger partial charge in [-0.1, -0.05) is 6.07 Å². The van der Waals surface area contributed by atoms with Crippen molar-refractivity contribution in [1.82, 2.24) is 9.29 Å². The van der Waals surface area contributed by atoms with Crippen LogP contribution in [0.1, 0.15) is 17.0 Å². The van der Waals surface area contributed by atoms with Gasteiger partial charge in [0.15, 0.2) is 0 Å². The van der Waals surface area contributed by atoms with E-state index >= 15 is 0 Å². The Morgan fingerprint density at radius 2 is 1.89 bits per heavy atom. The monoisotopic (exact) mass is 282 g/mol. The highest BCUT2D eigenvalue weighted by atomic mass is 32.2. The summed E-state index contributed by atoms with van der Waals surface area (Å²) in [7, 11) is -2.17. The number of aromatic nitrogens is 1. The molecule has 0 unspecified atom stereocenters. The van der Waals surface area contributed by atoms with Crippen molar-refractivity contribution in [2.45, 2.75) is 19.6 Å². The number of hydrogen-bond donors (Lipinski definition) is 0. The van der Waals surface area contributed by atoms with Crippen molar-refractivity contribution in [3.05, 3.63) is 29.1 Å². The van der Waals surface area contributed by atoms with Crippen molar-refractivity contribution in [3.63, 3.8) is 0 Å². The summed E-state index contributed by atoms with van der Waals surface area (Å²) in [6.45, 7) is 1.40. The lowest BCUT2D eigenvalue weighted by Gasteiger charge is -2.16. The van der Waals surface area contributed by atoms with Gasteiger partial charge in [0.2, 0.25) is 10.0 Å². The molecule has 4 nitrogen and oxygen atoms in total.